The highest BCUT2D eigenvalue weighted by Gasteiger charge is 2.51. The Kier molecular flexibility index (Phi) is 7.86. The van der Waals surface area contributed by atoms with Gasteiger partial charge in [-0.15, -0.1) is 6.42 Å². The van der Waals surface area contributed by atoms with Crippen molar-refractivity contribution >= 4 is 17.7 Å². The van der Waals surface area contributed by atoms with Crippen LogP contribution >= 0.6 is 0 Å². The van der Waals surface area contributed by atoms with Crippen LogP contribution in [0.3, 0.4) is 0 Å². The van der Waals surface area contributed by atoms with Gasteiger partial charge in [-0.25, -0.2) is 8.78 Å². The van der Waals surface area contributed by atoms with Gasteiger partial charge in [-0.1, -0.05) is 41.4 Å². The lowest BCUT2D eigenvalue weighted by Crippen LogP contribution is -2.56. The van der Waals surface area contributed by atoms with Gasteiger partial charge in [0.2, 0.25) is 5.91 Å². The average Bonchev–Trinajstić information content (AvgIpc) is 3.34. The summed E-state index contributed by atoms with van der Waals surface area (Å²) in [7, 11) is 0. The second kappa shape index (κ2) is 10.7. The molecule has 186 valence electrons. The van der Waals surface area contributed by atoms with Crippen molar-refractivity contribution in [1.82, 2.24) is 20.7 Å². The lowest BCUT2D eigenvalue weighted by atomic mass is 9.99. The van der Waals surface area contributed by atoms with Crippen LogP contribution in [-0.4, -0.2) is 70.1 Å². The summed E-state index contributed by atoms with van der Waals surface area (Å²) in [5, 5.41) is 19.6. The summed E-state index contributed by atoms with van der Waals surface area (Å²) >= 11 is 0. The molecule has 1 aromatic carbocycles. The predicted octanol–water partition coefficient (Wildman–Crippen LogP) is 0.979. The largest absolute Gasteiger partial charge is 0.381 e. The Balaban J connectivity index is 1.87. The van der Waals surface area contributed by atoms with E-state index in [9.17, 15) is 28.3 Å². The zero-order chi connectivity index (χ0) is 25.8. The van der Waals surface area contributed by atoms with Crippen LogP contribution in [0.1, 0.15) is 33.8 Å². The molecule has 2 aromatic rings. The number of rotatable bonds is 8. The van der Waals surface area contributed by atoms with Gasteiger partial charge < -0.3 is 25.2 Å². The summed E-state index contributed by atoms with van der Waals surface area (Å²) in [6.07, 6.45) is 2.30. The van der Waals surface area contributed by atoms with Crippen molar-refractivity contribution in [2.45, 2.75) is 50.8 Å². The minimum Gasteiger partial charge on any atom is -0.381 e. The van der Waals surface area contributed by atoms with Crippen LogP contribution in [0.25, 0.3) is 0 Å². The Morgan fingerprint density at radius 3 is 2.60 bits per heavy atom. The normalized spacial score (nSPS) is 18.4. The fourth-order valence-corrected chi connectivity index (χ4v) is 4.04. The fourth-order valence-electron chi connectivity index (χ4n) is 4.04. The third-order valence-corrected chi connectivity index (χ3v) is 5.73. The molecule has 1 saturated heterocycles. The van der Waals surface area contributed by atoms with Crippen molar-refractivity contribution in [3.05, 3.63) is 52.9 Å². The smallest absolute Gasteiger partial charge is 0.267 e. The standard InChI is InChI=1S/C24H26F2N4O5/c1-4-10-27-21(32)18-12-24(25,26)13-30(18)23(34)20(31)17(11-16-8-6-5-7-9-16)28-22(33)19-14(2)29-35-15(19)3/h1,5-9,17-18,20,31H,10-13H2,2-3H3,(H,27,32)(H,28,33). The number of aliphatic hydroxyl groups is 1. The van der Waals surface area contributed by atoms with Gasteiger partial charge in [-0.2, -0.15) is 0 Å². The number of aliphatic hydroxyl groups excluding tert-OH is 1. The average molecular weight is 488 g/mol. The molecule has 1 aromatic heterocycles. The first-order valence-corrected chi connectivity index (χ1v) is 10.9. The van der Waals surface area contributed by atoms with Gasteiger partial charge in [0.05, 0.1) is 24.8 Å². The van der Waals surface area contributed by atoms with Gasteiger partial charge in [0.25, 0.3) is 17.7 Å². The number of amides is 3. The molecule has 0 aliphatic carbocycles. The quantitative estimate of drug-likeness (QED) is 0.476. The highest BCUT2D eigenvalue weighted by atomic mass is 19.3. The van der Waals surface area contributed by atoms with Crippen LogP contribution in [0.5, 0.6) is 0 Å². The number of carbonyl (C=O) groups excluding carboxylic acids is 3. The van der Waals surface area contributed by atoms with E-state index in [-0.39, 0.29) is 24.3 Å². The Labute approximate surface area is 200 Å². The molecular weight excluding hydrogens is 462 g/mol. The van der Waals surface area contributed by atoms with Crippen molar-refractivity contribution in [3.8, 4) is 12.3 Å². The van der Waals surface area contributed by atoms with Crippen LogP contribution in [0.2, 0.25) is 0 Å². The number of nitrogens with one attached hydrogen (secondary N) is 2. The molecular formula is C24H26F2N4O5. The second-order valence-electron chi connectivity index (χ2n) is 8.38. The first-order valence-electron chi connectivity index (χ1n) is 10.9. The molecule has 0 spiro atoms. The summed E-state index contributed by atoms with van der Waals surface area (Å²) < 4.78 is 33.4. The maximum atomic E-state index is 14.2. The van der Waals surface area contributed by atoms with E-state index in [2.05, 4.69) is 21.7 Å². The number of terminal acetylenes is 1. The number of aryl methyl sites for hydroxylation is 2. The summed E-state index contributed by atoms with van der Waals surface area (Å²) in [6, 6.07) is 5.99. The van der Waals surface area contributed by atoms with Gasteiger partial charge in [-0.05, 0) is 25.8 Å². The van der Waals surface area contributed by atoms with E-state index in [1.165, 1.54) is 6.92 Å². The number of likely N-dealkylation sites (tertiary alicyclic amines) is 1. The van der Waals surface area contributed by atoms with E-state index in [4.69, 9.17) is 10.9 Å². The zero-order valence-electron chi connectivity index (χ0n) is 19.3. The number of aromatic nitrogens is 1. The Bertz CT molecular complexity index is 1110. The van der Waals surface area contributed by atoms with Crippen molar-refractivity contribution < 1.29 is 32.8 Å². The third-order valence-electron chi connectivity index (χ3n) is 5.73. The molecule has 1 aliphatic heterocycles. The van der Waals surface area contributed by atoms with Crippen LogP contribution in [0.15, 0.2) is 34.9 Å². The number of hydrogen-bond acceptors (Lipinski definition) is 6. The van der Waals surface area contributed by atoms with E-state index < -0.39 is 54.8 Å². The zero-order valence-corrected chi connectivity index (χ0v) is 19.3. The molecule has 3 rings (SSSR count). The minimum absolute atomic E-state index is 0.0149. The van der Waals surface area contributed by atoms with Gasteiger partial charge >= 0.3 is 0 Å². The van der Waals surface area contributed by atoms with Crippen LogP contribution < -0.4 is 10.6 Å². The number of nitrogens with zero attached hydrogens (tertiary/aromatic N) is 2. The maximum absolute atomic E-state index is 14.2. The van der Waals surface area contributed by atoms with Gasteiger partial charge in [-0.3, -0.25) is 14.4 Å². The predicted molar refractivity (Wildman–Crippen MR) is 120 cm³/mol. The summed E-state index contributed by atoms with van der Waals surface area (Å²) in [5.41, 5.74) is 1.13. The van der Waals surface area contributed by atoms with Crippen molar-refractivity contribution in [2.24, 2.45) is 0 Å². The molecule has 1 aliphatic rings. The molecule has 3 N–H and O–H groups in total. The summed E-state index contributed by atoms with van der Waals surface area (Å²) in [6.45, 7) is 1.85. The molecule has 0 saturated carbocycles. The first kappa shape index (κ1) is 25.8. The lowest BCUT2D eigenvalue weighted by molar-refractivity contribution is -0.147. The highest BCUT2D eigenvalue weighted by molar-refractivity contribution is 5.97. The molecule has 2 heterocycles. The molecule has 0 bridgehead atoms. The Morgan fingerprint density at radius 1 is 1.31 bits per heavy atom. The van der Waals surface area contributed by atoms with Crippen molar-refractivity contribution in [3.63, 3.8) is 0 Å². The van der Waals surface area contributed by atoms with Crippen molar-refractivity contribution in [2.75, 3.05) is 13.1 Å². The van der Waals surface area contributed by atoms with Crippen LogP contribution in [0.4, 0.5) is 8.78 Å². The number of alkyl halides is 2. The molecule has 35 heavy (non-hydrogen) atoms. The molecule has 3 amide bonds. The van der Waals surface area contributed by atoms with E-state index in [1.54, 1.807) is 37.3 Å². The second-order valence-corrected chi connectivity index (χ2v) is 8.38. The first-order chi connectivity index (χ1) is 16.5. The topological polar surface area (TPSA) is 125 Å². The number of halogens is 2. The molecule has 0 radical (unpaired) electrons. The molecule has 9 nitrogen and oxygen atoms in total. The molecule has 11 heteroatoms. The fraction of sp³-hybridized carbons (Fsp3) is 0.417. The number of hydrogen-bond donors (Lipinski definition) is 3. The monoisotopic (exact) mass is 488 g/mol. The third kappa shape index (κ3) is 6.02. The van der Waals surface area contributed by atoms with Crippen molar-refractivity contribution in [1.29, 1.82) is 0 Å². The van der Waals surface area contributed by atoms with E-state index in [1.807, 2.05) is 0 Å². The number of carbonyl (C=O) groups is 3. The molecule has 1 fully saturated rings. The highest BCUT2D eigenvalue weighted by Crippen LogP contribution is 2.33. The molecule has 3 atom stereocenters. The van der Waals surface area contributed by atoms with Gasteiger partial charge in [0.15, 0.2) is 6.10 Å². The number of benzene rings is 1. The summed E-state index contributed by atoms with van der Waals surface area (Å²) in [4.78, 5) is 39.2. The van der Waals surface area contributed by atoms with E-state index in [0.717, 1.165) is 0 Å². The summed E-state index contributed by atoms with van der Waals surface area (Å²) in [5.74, 6) is -3.53. The minimum atomic E-state index is -3.33. The van der Waals surface area contributed by atoms with Crippen LogP contribution in [0, 0.1) is 26.2 Å². The maximum Gasteiger partial charge on any atom is 0.267 e. The van der Waals surface area contributed by atoms with Crippen LogP contribution in [-0.2, 0) is 16.0 Å². The Hall–Kier alpha value is -3.78. The van der Waals surface area contributed by atoms with E-state index in [0.29, 0.717) is 16.2 Å². The van der Waals surface area contributed by atoms with E-state index >= 15 is 0 Å². The lowest BCUT2D eigenvalue weighted by Gasteiger charge is -2.30. The van der Waals surface area contributed by atoms with Gasteiger partial charge in [0, 0.05) is 6.42 Å². The SMILES string of the molecule is C#CCNC(=O)C1CC(F)(F)CN1C(=O)C(O)C(Cc1ccccc1)NC(=O)c1c(C)noc1C. The van der Waals surface area contributed by atoms with Gasteiger partial charge in [0.1, 0.15) is 17.4 Å². The molecule has 3 unspecified atom stereocenters. The Morgan fingerprint density at radius 2 is 2.00 bits per heavy atom.